The zero-order chi connectivity index (χ0) is 3.58. The number of hydrogen-bond acceptors (Lipinski definition) is 3. The normalized spacial score (nSPS) is 3.86. The average Bonchev–Trinajstić information content (AvgIpc) is 0.811. The first kappa shape index (κ1) is 22.4. The van der Waals surface area contributed by atoms with Gasteiger partial charge in [-0.2, -0.15) is 0 Å². The van der Waals surface area contributed by atoms with Crippen molar-refractivity contribution in [1.82, 2.24) is 0 Å². The molecule has 0 aromatic heterocycles. The molecule has 7 heteroatoms. The minimum absolute atomic E-state index is 0. The summed E-state index contributed by atoms with van der Waals surface area (Å²) in [6, 6.07) is 0. The van der Waals surface area contributed by atoms with E-state index in [2.05, 4.69) is 0 Å². The first-order valence-electron chi connectivity index (χ1n) is 0.775. The third-order valence-corrected chi connectivity index (χ3v) is 0. The van der Waals surface area contributed by atoms with Crippen LogP contribution in [0.15, 0.2) is 0 Å². The minimum Gasteiger partial charge on any atom is 0 e. The summed E-state index contributed by atoms with van der Waals surface area (Å²) >= 11 is 0. The standard InChI is InChI=1S/BH3O3.Bi.Sr.Y.5H/c2-1(3)4;;;;;;;;/h2-4H;;;;;;;;. The smallest absolute Gasteiger partial charge is 0 e. The van der Waals surface area contributed by atoms with Gasteiger partial charge in [-0.05, 0) is 0 Å². The molecule has 0 aliphatic carbocycles. The Labute approximate surface area is 124 Å². The Kier molecular flexibility index (Phi) is 51.9. The molecular weight excluding hydrogens is 444 g/mol. The quantitative estimate of drug-likeness (QED) is 0.327. The van der Waals surface area contributed by atoms with Crippen molar-refractivity contribution >= 4 is 79.0 Å². The maximum Gasteiger partial charge on any atom is 0 e. The molecule has 0 aliphatic rings. The van der Waals surface area contributed by atoms with Crippen molar-refractivity contribution in [2.45, 2.75) is 0 Å². The molecule has 1 radical (unpaired) electrons. The predicted octanol–water partition coefficient (Wildman–Crippen LogP) is -4.15. The van der Waals surface area contributed by atoms with Crippen molar-refractivity contribution in [1.29, 1.82) is 0 Å². The van der Waals surface area contributed by atoms with Gasteiger partial charge in [0, 0.05) is 32.7 Å². The molecule has 0 aliphatic heterocycles. The molecule has 0 amide bonds. The van der Waals surface area contributed by atoms with Crippen LogP contribution in [0.5, 0.6) is 0 Å². The van der Waals surface area contributed by atoms with Gasteiger partial charge in [0.2, 0.25) is 0 Å². The fourth-order valence-electron chi connectivity index (χ4n) is 0. The van der Waals surface area contributed by atoms with Crippen LogP contribution in [0.4, 0.5) is 0 Å². The van der Waals surface area contributed by atoms with Crippen LogP contribution in [-0.2, 0) is 32.7 Å². The molecule has 0 aromatic rings. The molecule has 39 valence electrons. The SMILES string of the molecule is OB(O)O.[BiH3].[SrH2].[Y]. The molecule has 3 N–H and O–H groups in total. The van der Waals surface area contributed by atoms with Crippen LogP contribution in [0.1, 0.15) is 0 Å². The molecule has 0 saturated carbocycles. The van der Waals surface area contributed by atoms with Gasteiger partial charge in [0.15, 0.2) is 0 Å². The van der Waals surface area contributed by atoms with Gasteiger partial charge < -0.3 is 15.1 Å². The predicted molar refractivity (Wildman–Crippen MR) is 30.9 cm³/mol. The number of rotatable bonds is 0. The van der Waals surface area contributed by atoms with E-state index in [4.69, 9.17) is 15.1 Å². The van der Waals surface area contributed by atoms with Gasteiger partial charge in [-0.1, -0.05) is 0 Å². The van der Waals surface area contributed by atoms with Crippen molar-refractivity contribution < 1.29 is 47.8 Å². The van der Waals surface area contributed by atoms with Crippen LogP contribution in [0, 0.1) is 0 Å². The van der Waals surface area contributed by atoms with Crippen LogP contribution in [0.25, 0.3) is 0 Å². The number of hydrogen-bond donors (Lipinski definition) is 3. The summed E-state index contributed by atoms with van der Waals surface area (Å²) in [4.78, 5) is 0. The monoisotopic (exact) mass is 453 g/mol. The largest absolute Gasteiger partial charge is 0 e. The van der Waals surface area contributed by atoms with Gasteiger partial charge in [-0.3, -0.25) is 0 Å². The van der Waals surface area contributed by atoms with E-state index in [1.807, 2.05) is 0 Å². The Hall–Kier alpha value is 3.41. The molecule has 0 saturated heterocycles. The van der Waals surface area contributed by atoms with Crippen LogP contribution in [0.3, 0.4) is 0 Å². The van der Waals surface area contributed by atoms with Crippen LogP contribution >= 0.6 is 0 Å². The summed E-state index contributed by atoms with van der Waals surface area (Å²) < 4.78 is 0. The minimum atomic E-state index is -2.17. The fraction of sp³-hybridized carbons (Fsp3) is 0. The molecule has 0 unspecified atom stereocenters. The summed E-state index contributed by atoms with van der Waals surface area (Å²) in [6.07, 6.45) is 0. The Balaban J connectivity index is -0.0000000150. The molecule has 0 rings (SSSR count). The molecule has 0 spiro atoms. The Morgan fingerprint density at radius 1 is 1.00 bits per heavy atom. The second-order valence-corrected chi connectivity index (χ2v) is 0.346. The maximum atomic E-state index is 7.17. The third kappa shape index (κ3) is 44.4. The average molecular weight is 452 g/mol. The molecule has 0 atom stereocenters. The first-order chi connectivity index (χ1) is 1.73. The zero-order valence-corrected chi connectivity index (χ0v) is 11.5. The van der Waals surface area contributed by atoms with Gasteiger partial charge in [0.05, 0.1) is 0 Å². The van der Waals surface area contributed by atoms with E-state index in [1.54, 1.807) is 0 Å². The van der Waals surface area contributed by atoms with E-state index in [1.165, 1.54) is 0 Å². The van der Waals surface area contributed by atoms with E-state index in [0.717, 1.165) is 0 Å². The van der Waals surface area contributed by atoms with Crippen molar-refractivity contribution in [3.8, 4) is 0 Å². The van der Waals surface area contributed by atoms with Crippen LogP contribution in [-0.4, -0.2) is 94.1 Å². The van der Waals surface area contributed by atoms with Gasteiger partial charge in [0.25, 0.3) is 0 Å². The molecular formula is H8BBiO3SrY. The zero-order valence-electron chi connectivity index (χ0n) is 3.20. The van der Waals surface area contributed by atoms with Crippen molar-refractivity contribution in [2.24, 2.45) is 0 Å². The summed E-state index contributed by atoms with van der Waals surface area (Å²) in [5, 5.41) is 21.5. The summed E-state index contributed by atoms with van der Waals surface area (Å²) in [6.45, 7) is 0. The van der Waals surface area contributed by atoms with Gasteiger partial charge in [-0.15, -0.1) is 0 Å². The first-order valence-corrected chi connectivity index (χ1v) is 0.775. The molecule has 0 aromatic carbocycles. The van der Waals surface area contributed by atoms with E-state index < -0.39 is 7.32 Å². The molecule has 0 heterocycles. The Bertz CT molecular complexity index is 19.7. The third-order valence-electron chi connectivity index (χ3n) is 0. The van der Waals surface area contributed by atoms with Crippen LogP contribution in [0.2, 0.25) is 0 Å². The van der Waals surface area contributed by atoms with Gasteiger partial charge >= 0.3 is 79.0 Å². The Morgan fingerprint density at radius 2 is 1.00 bits per heavy atom. The molecule has 0 fully saturated rings. The summed E-state index contributed by atoms with van der Waals surface area (Å²) in [7, 11) is -2.17. The molecule has 3 nitrogen and oxygen atoms in total. The van der Waals surface area contributed by atoms with Crippen molar-refractivity contribution in [3.63, 3.8) is 0 Å². The fourth-order valence-corrected chi connectivity index (χ4v) is 0. The van der Waals surface area contributed by atoms with Crippen molar-refractivity contribution in [2.75, 3.05) is 0 Å². The summed E-state index contributed by atoms with van der Waals surface area (Å²) in [5.41, 5.74) is 0. The van der Waals surface area contributed by atoms with E-state index in [9.17, 15) is 0 Å². The van der Waals surface area contributed by atoms with Gasteiger partial charge in [-0.25, -0.2) is 0 Å². The maximum absolute atomic E-state index is 7.17. The second kappa shape index (κ2) is 16.2. The molecule has 7 heavy (non-hydrogen) atoms. The van der Waals surface area contributed by atoms with Gasteiger partial charge in [0.1, 0.15) is 0 Å². The topological polar surface area (TPSA) is 60.7 Å². The van der Waals surface area contributed by atoms with E-state index in [-0.39, 0.29) is 104 Å². The van der Waals surface area contributed by atoms with E-state index in [0.29, 0.717) is 0 Å². The molecule has 0 bridgehead atoms. The van der Waals surface area contributed by atoms with E-state index >= 15 is 0 Å². The van der Waals surface area contributed by atoms with Crippen molar-refractivity contribution in [3.05, 3.63) is 0 Å². The second-order valence-electron chi connectivity index (χ2n) is 0.346. The summed E-state index contributed by atoms with van der Waals surface area (Å²) in [5.74, 6) is 0. The Morgan fingerprint density at radius 3 is 1.00 bits per heavy atom. The van der Waals surface area contributed by atoms with Crippen LogP contribution < -0.4 is 0 Å².